The number of hydrogen-bond acceptors (Lipinski definition) is 3. The maximum atomic E-state index is 5.91. The first-order valence-corrected chi connectivity index (χ1v) is 8.05. The van der Waals surface area contributed by atoms with Crippen LogP contribution in [-0.4, -0.2) is 30.6 Å². The molecule has 102 valence electrons. The van der Waals surface area contributed by atoms with Gasteiger partial charge in [0.15, 0.2) is 0 Å². The van der Waals surface area contributed by atoms with E-state index in [2.05, 4.69) is 30.1 Å². The van der Waals surface area contributed by atoms with Crippen LogP contribution in [-0.2, 0) is 6.54 Å². The van der Waals surface area contributed by atoms with E-state index in [1.165, 1.54) is 24.3 Å². The number of rotatable bonds is 5. The first-order valence-electron chi connectivity index (χ1n) is 6.86. The van der Waals surface area contributed by atoms with Crippen molar-refractivity contribution in [3.05, 3.63) is 21.3 Å². The lowest BCUT2D eigenvalue weighted by Gasteiger charge is -2.37. The Balaban J connectivity index is 1.66. The molecule has 2 rings (SSSR count). The van der Waals surface area contributed by atoms with E-state index in [0.717, 1.165) is 35.9 Å². The molecule has 0 aromatic carbocycles. The van der Waals surface area contributed by atoms with Gasteiger partial charge in [0, 0.05) is 30.6 Å². The third kappa shape index (κ3) is 3.95. The molecule has 2 heterocycles. The molecule has 1 aliphatic rings. The Morgan fingerprint density at radius 2 is 2.28 bits per heavy atom. The molecule has 0 radical (unpaired) electrons. The van der Waals surface area contributed by atoms with Gasteiger partial charge in [-0.15, -0.1) is 11.3 Å². The van der Waals surface area contributed by atoms with Gasteiger partial charge in [0.25, 0.3) is 0 Å². The lowest BCUT2D eigenvalue weighted by molar-refractivity contribution is 0.115. The van der Waals surface area contributed by atoms with E-state index in [0.29, 0.717) is 0 Å². The van der Waals surface area contributed by atoms with Crippen LogP contribution < -0.4 is 5.32 Å². The Hall–Kier alpha value is -0.0900. The van der Waals surface area contributed by atoms with Crippen LogP contribution in [0.2, 0.25) is 4.34 Å². The quantitative estimate of drug-likeness (QED) is 0.832. The highest BCUT2D eigenvalue weighted by atomic mass is 35.5. The summed E-state index contributed by atoms with van der Waals surface area (Å²) >= 11 is 7.58. The molecule has 0 spiro atoms. The minimum Gasteiger partial charge on any atom is -0.311 e. The number of halogens is 1. The zero-order valence-electron chi connectivity index (χ0n) is 11.3. The molecule has 1 aromatic rings. The molecule has 1 fully saturated rings. The molecular formula is C14H23ClN2S. The summed E-state index contributed by atoms with van der Waals surface area (Å²) in [7, 11) is 0. The van der Waals surface area contributed by atoms with Gasteiger partial charge in [-0.25, -0.2) is 0 Å². The minimum absolute atomic E-state index is 0.733. The molecule has 4 heteroatoms. The van der Waals surface area contributed by atoms with Crippen molar-refractivity contribution in [2.24, 2.45) is 5.92 Å². The van der Waals surface area contributed by atoms with Crippen LogP contribution in [0.5, 0.6) is 0 Å². The second kappa shape index (κ2) is 6.90. The van der Waals surface area contributed by atoms with Crippen molar-refractivity contribution >= 4 is 22.9 Å². The zero-order chi connectivity index (χ0) is 13.0. The number of nitrogens with one attached hydrogen (secondary N) is 1. The highest BCUT2D eigenvalue weighted by molar-refractivity contribution is 7.16. The number of nitrogens with zero attached hydrogens (tertiary/aromatic N) is 1. The molecule has 0 aliphatic carbocycles. The Morgan fingerprint density at radius 3 is 3.00 bits per heavy atom. The van der Waals surface area contributed by atoms with E-state index < -0.39 is 0 Å². The molecule has 1 saturated heterocycles. The van der Waals surface area contributed by atoms with E-state index in [9.17, 15) is 0 Å². The fraction of sp³-hybridized carbons (Fsp3) is 0.714. The summed E-state index contributed by atoms with van der Waals surface area (Å²) in [4.78, 5) is 3.93. The lowest BCUT2D eigenvalue weighted by Crippen LogP contribution is -2.45. The molecule has 0 saturated carbocycles. The number of piperidine rings is 1. The first-order chi connectivity index (χ1) is 8.66. The van der Waals surface area contributed by atoms with E-state index in [4.69, 9.17) is 11.6 Å². The van der Waals surface area contributed by atoms with Crippen molar-refractivity contribution in [2.75, 3.05) is 19.6 Å². The fourth-order valence-electron chi connectivity index (χ4n) is 2.62. The average molecular weight is 287 g/mol. The SMILES string of the molecule is CC1CCCN(CCNCc2ccc(Cl)s2)C1C. The summed E-state index contributed by atoms with van der Waals surface area (Å²) in [5, 5.41) is 3.51. The number of hydrogen-bond donors (Lipinski definition) is 1. The van der Waals surface area contributed by atoms with Crippen molar-refractivity contribution in [1.82, 2.24) is 10.2 Å². The van der Waals surface area contributed by atoms with Crippen LogP contribution in [0.15, 0.2) is 12.1 Å². The standard InChI is InChI=1S/C14H23ClN2S/c1-11-4-3-8-17(12(11)2)9-7-16-10-13-5-6-14(15)18-13/h5-6,11-12,16H,3-4,7-10H2,1-2H3. The van der Waals surface area contributed by atoms with Crippen molar-refractivity contribution in [1.29, 1.82) is 0 Å². The smallest absolute Gasteiger partial charge is 0.0931 e. The van der Waals surface area contributed by atoms with Crippen molar-refractivity contribution in [3.8, 4) is 0 Å². The molecule has 2 atom stereocenters. The Kier molecular flexibility index (Phi) is 5.49. The van der Waals surface area contributed by atoms with Crippen molar-refractivity contribution in [3.63, 3.8) is 0 Å². The van der Waals surface area contributed by atoms with Crippen LogP contribution in [0, 0.1) is 5.92 Å². The predicted octanol–water partition coefficient (Wildman–Crippen LogP) is 3.61. The highest BCUT2D eigenvalue weighted by Crippen LogP contribution is 2.22. The summed E-state index contributed by atoms with van der Waals surface area (Å²) in [5.41, 5.74) is 0. The largest absolute Gasteiger partial charge is 0.311 e. The normalized spacial score (nSPS) is 25.5. The summed E-state index contributed by atoms with van der Waals surface area (Å²) in [6.07, 6.45) is 2.74. The molecule has 1 aromatic heterocycles. The molecule has 1 aliphatic heterocycles. The van der Waals surface area contributed by atoms with E-state index >= 15 is 0 Å². The van der Waals surface area contributed by atoms with E-state index in [1.807, 2.05) is 6.07 Å². The summed E-state index contributed by atoms with van der Waals surface area (Å²) in [6.45, 7) is 9.16. The van der Waals surface area contributed by atoms with Crippen LogP contribution in [0.1, 0.15) is 31.6 Å². The molecule has 1 N–H and O–H groups in total. The Labute approximate surface area is 119 Å². The minimum atomic E-state index is 0.733. The van der Waals surface area contributed by atoms with Gasteiger partial charge in [-0.05, 0) is 44.4 Å². The Bertz CT molecular complexity index is 366. The molecular weight excluding hydrogens is 264 g/mol. The predicted molar refractivity (Wildman–Crippen MR) is 80.5 cm³/mol. The van der Waals surface area contributed by atoms with Gasteiger partial charge in [-0.1, -0.05) is 18.5 Å². The molecule has 2 unspecified atom stereocenters. The molecule has 18 heavy (non-hydrogen) atoms. The fourth-order valence-corrected chi connectivity index (χ4v) is 3.67. The second-order valence-electron chi connectivity index (χ2n) is 5.28. The molecule has 0 bridgehead atoms. The van der Waals surface area contributed by atoms with Gasteiger partial charge in [-0.3, -0.25) is 4.90 Å². The van der Waals surface area contributed by atoms with Gasteiger partial charge in [0.2, 0.25) is 0 Å². The maximum absolute atomic E-state index is 5.91. The van der Waals surface area contributed by atoms with Gasteiger partial charge < -0.3 is 5.32 Å². The Morgan fingerprint density at radius 1 is 1.44 bits per heavy atom. The van der Waals surface area contributed by atoms with E-state index in [-0.39, 0.29) is 0 Å². The second-order valence-corrected chi connectivity index (χ2v) is 7.08. The third-order valence-electron chi connectivity index (χ3n) is 4.01. The van der Waals surface area contributed by atoms with E-state index in [1.54, 1.807) is 11.3 Å². The topological polar surface area (TPSA) is 15.3 Å². The molecule has 0 amide bonds. The van der Waals surface area contributed by atoms with Gasteiger partial charge in [-0.2, -0.15) is 0 Å². The van der Waals surface area contributed by atoms with Gasteiger partial charge in [0.1, 0.15) is 0 Å². The van der Waals surface area contributed by atoms with Crippen molar-refractivity contribution in [2.45, 2.75) is 39.3 Å². The van der Waals surface area contributed by atoms with Crippen LogP contribution >= 0.6 is 22.9 Å². The first kappa shape index (κ1) is 14.3. The maximum Gasteiger partial charge on any atom is 0.0931 e. The number of likely N-dealkylation sites (tertiary alicyclic amines) is 1. The third-order valence-corrected chi connectivity index (χ3v) is 5.24. The summed E-state index contributed by atoms with van der Waals surface area (Å²) in [6, 6.07) is 4.81. The highest BCUT2D eigenvalue weighted by Gasteiger charge is 2.23. The molecule has 2 nitrogen and oxygen atoms in total. The zero-order valence-corrected chi connectivity index (χ0v) is 12.9. The van der Waals surface area contributed by atoms with Gasteiger partial charge >= 0.3 is 0 Å². The van der Waals surface area contributed by atoms with Crippen LogP contribution in [0.3, 0.4) is 0 Å². The van der Waals surface area contributed by atoms with Gasteiger partial charge in [0.05, 0.1) is 4.34 Å². The van der Waals surface area contributed by atoms with Crippen LogP contribution in [0.25, 0.3) is 0 Å². The monoisotopic (exact) mass is 286 g/mol. The van der Waals surface area contributed by atoms with Crippen molar-refractivity contribution < 1.29 is 0 Å². The number of thiophene rings is 1. The lowest BCUT2D eigenvalue weighted by atomic mass is 9.92. The van der Waals surface area contributed by atoms with Crippen LogP contribution in [0.4, 0.5) is 0 Å². The summed E-state index contributed by atoms with van der Waals surface area (Å²) in [5.74, 6) is 0.842. The summed E-state index contributed by atoms with van der Waals surface area (Å²) < 4.78 is 0.880. The average Bonchev–Trinajstić information content (AvgIpc) is 2.76.